The first kappa shape index (κ1) is 10.4. The molecule has 0 rings (SSSR count). The van der Waals surface area contributed by atoms with Gasteiger partial charge in [-0.25, -0.2) is 9.59 Å². The van der Waals surface area contributed by atoms with Crippen LogP contribution in [0.3, 0.4) is 0 Å². The molecule has 2 N–H and O–H groups in total. The van der Waals surface area contributed by atoms with E-state index in [9.17, 15) is 9.59 Å². The van der Waals surface area contributed by atoms with Crippen molar-refractivity contribution >= 4 is 17.8 Å². The molecular weight excluding hydrogens is 164 g/mol. The van der Waals surface area contributed by atoms with Gasteiger partial charge in [0.2, 0.25) is 5.84 Å². The number of hydrogen-bond acceptors (Lipinski definition) is 5. The van der Waals surface area contributed by atoms with Crippen LogP contribution in [0, 0.1) is 0 Å². The Hall–Kier alpha value is -1.59. The van der Waals surface area contributed by atoms with Crippen LogP contribution in [0.25, 0.3) is 0 Å². The zero-order valence-corrected chi connectivity index (χ0v) is 6.86. The van der Waals surface area contributed by atoms with Crippen molar-refractivity contribution in [1.82, 2.24) is 0 Å². The summed E-state index contributed by atoms with van der Waals surface area (Å²) in [7, 11) is 0. The molecule has 6 heteroatoms. The van der Waals surface area contributed by atoms with E-state index in [1.807, 2.05) is 0 Å². The first-order valence-corrected chi connectivity index (χ1v) is 3.26. The van der Waals surface area contributed by atoms with E-state index in [1.54, 1.807) is 6.92 Å². The highest BCUT2D eigenvalue weighted by Gasteiger charge is 2.08. The Labute approximate surface area is 69.3 Å². The standard InChI is InChI=1S/C6H10N2O4/c1-3-11-6(10)5(7)8-12-4(2)9/h3H2,1-2H3,(H2,7,8). The van der Waals surface area contributed by atoms with Gasteiger partial charge < -0.3 is 15.3 Å². The molecule has 12 heavy (non-hydrogen) atoms. The second-order valence-electron chi connectivity index (χ2n) is 1.78. The lowest BCUT2D eigenvalue weighted by Crippen LogP contribution is -2.26. The maximum absolute atomic E-state index is 10.7. The minimum atomic E-state index is -0.807. The first-order chi connectivity index (χ1) is 5.57. The van der Waals surface area contributed by atoms with Gasteiger partial charge in [0.15, 0.2) is 0 Å². The van der Waals surface area contributed by atoms with Gasteiger partial charge in [-0.15, -0.1) is 0 Å². The summed E-state index contributed by atoms with van der Waals surface area (Å²) >= 11 is 0. The summed E-state index contributed by atoms with van der Waals surface area (Å²) in [6.45, 7) is 2.95. The molecule has 0 heterocycles. The summed E-state index contributed by atoms with van der Waals surface area (Å²) in [5.74, 6) is -1.94. The summed E-state index contributed by atoms with van der Waals surface area (Å²) in [6.07, 6.45) is 0. The Morgan fingerprint density at radius 1 is 1.50 bits per heavy atom. The van der Waals surface area contributed by atoms with Crippen molar-refractivity contribution in [2.45, 2.75) is 13.8 Å². The molecule has 0 radical (unpaired) electrons. The Balaban J connectivity index is 3.99. The second-order valence-corrected chi connectivity index (χ2v) is 1.78. The van der Waals surface area contributed by atoms with E-state index in [1.165, 1.54) is 0 Å². The molecule has 0 fully saturated rings. The zero-order valence-electron chi connectivity index (χ0n) is 6.86. The fraction of sp³-hybridized carbons (Fsp3) is 0.500. The average molecular weight is 174 g/mol. The molecule has 0 aromatic carbocycles. The predicted octanol–water partition coefficient (Wildman–Crippen LogP) is -0.615. The average Bonchev–Trinajstić information content (AvgIpc) is 2.00. The van der Waals surface area contributed by atoms with E-state index in [0.717, 1.165) is 6.92 Å². The fourth-order valence-electron chi connectivity index (χ4n) is 0.356. The molecule has 0 unspecified atom stereocenters. The summed E-state index contributed by atoms with van der Waals surface area (Å²) in [5.41, 5.74) is 5.05. The Kier molecular flexibility index (Phi) is 4.43. The number of oxime groups is 1. The Morgan fingerprint density at radius 2 is 2.08 bits per heavy atom. The normalized spacial score (nSPS) is 10.7. The molecule has 0 spiro atoms. The minimum absolute atomic E-state index is 0.190. The van der Waals surface area contributed by atoms with Crippen molar-refractivity contribution in [2.75, 3.05) is 6.61 Å². The van der Waals surface area contributed by atoms with Gasteiger partial charge in [-0.2, -0.15) is 0 Å². The van der Waals surface area contributed by atoms with Gasteiger partial charge in [0.05, 0.1) is 6.61 Å². The lowest BCUT2D eigenvalue weighted by molar-refractivity contribution is -0.141. The molecule has 0 aliphatic carbocycles. The minimum Gasteiger partial charge on any atom is -0.460 e. The van der Waals surface area contributed by atoms with Gasteiger partial charge in [-0.1, -0.05) is 5.16 Å². The molecule has 0 aliphatic heterocycles. The van der Waals surface area contributed by atoms with Gasteiger partial charge in [-0.3, -0.25) is 0 Å². The van der Waals surface area contributed by atoms with E-state index < -0.39 is 17.8 Å². The molecular formula is C6H10N2O4. The van der Waals surface area contributed by atoms with Crippen molar-refractivity contribution in [2.24, 2.45) is 10.9 Å². The zero-order chi connectivity index (χ0) is 9.56. The van der Waals surface area contributed by atoms with Crippen molar-refractivity contribution in [1.29, 1.82) is 0 Å². The van der Waals surface area contributed by atoms with Crippen LogP contribution in [0.2, 0.25) is 0 Å². The topological polar surface area (TPSA) is 91.0 Å². The maximum Gasteiger partial charge on any atom is 0.377 e. The van der Waals surface area contributed by atoms with Crippen LogP contribution in [0.5, 0.6) is 0 Å². The molecule has 0 aliphatic rings. The number of amidine groups is 1. The number of rotatable bonds is 2. The smallest absolute Gasteiger partial charge is 0.377 e. The largest absolute Gasteiger partial charge is 0.460 e. The lowest BCUT2D eigenvalue weighted by Gasteiger charge is -1.98. The lowest BCUT2D eigenvalue weighted by atomic mass is 10.6. The third kappa shape index (κ3) is 4.26. The van der Waals surface area contributed by atoms with Crippen LogP contribution < -0.4 is 5.73 Å². The first-order valence-electron chi connectivity index (χ1n) is 3.26. The number of carbonyl (C=O) groups excluding carboxylic acids is 2. The monoisotopic (exact) mass is 174 g/mol. The van der Waals surface area contributed by atoms with E-state index in [0.29, 0.717) is 0 Å². The Morgan fingerprint density at radius 3 is 2.50 bits per heavy atom. The summed E-state index contributed by atoms with van der Waals surface area (Å²) in [4.78, 5) is 25.0. The molecule has 0 bridgehead atoms. The number of nitrogens with zero attached hydrogens (tertiary/aromatic N) is 1. The van der Waals surface area contributed by atoms with Crippen molar-refractivity contribution < 1.29 is 19.2 Å². The number of carbonyl (C=O) groups is 2. The Bertz CT molecular complexity index is 212. The molecule has 0 amide bonds. The second kappa shape index (κ2) is 5.11. The van der Waals surface area contributed by atoms with Crippen LogP contribution in [0.1, 0.15) is 13.8 Å². The number of esters is 1. The highest BCUT2D eigenvalue weighted by molar-refractivity contribution is 6.34. The van der Waals surface area contributed by atoms with Crippen LogP contribution in [-0.4, -0.2) is 24.4 Å². The van der Waals surface area contributed by atoms with Crippen LogP contribution in [0.15, 0.2) is 5.16 Å². The molecule has 0 aromatic heterocycles. The molecule has 0 saturated carbocycles. The van der Waals surface area contributed by atoms with Crippen molar-refractivity contribution in [3.05, 3.63) is 0 Å². The van der Waals surface area contributed by atoms with E-state index in [2.05, 4.69) is 14.7 Å². The van der Waals surface area contributed by atoms with Gasteiger partial charge in [-0.05, 0) is 6.92 Å². The highest BCUT2D eigenvalue weighted by Crippen LogP contribution is 1.82. The maximum atomic E-state index is 10.7. The number of nitrogens with two attached hydrogens (primary N) is 1. The summed E-state index contributed by atoms with van der Waals surface area (Å²) in [6, 6.07) is 0. The molecule has 0 saturated heterocycles. The van der Waals surface area contributed by atoms with Crippen LogP contribution in [-0.2, 0) is 19.2 Å². The van der Waals surface area contributed by atoms with E-state index in [4.69, 9.17) is 5.73 Å². The third-order valence-electron chi connectivity index (χ3n) is 0.757. The molecule has 0 aromatic rings. The summed E-state index contributed by atoms with van der Waals surface area (Å²) in [5, 5.41) is 3.01. The van der Waals surface area contributed by atoms with E-state index >= 15 is 0 Å². The van der Waals surface area contributed by atoms with Crippen LogP contribution in [0.4, 0.5) is 0 Å². The fourth-order valence-corrected chi connectivity index (χ4v) is 0.356. The third-order valence-corrected chi connectivity index (χ3v) is 0.757. The highest BCUT2D eigenvalue weighted by atomic mass is 16.7. The van der Waals surface area contributed by atoms with E-state index in [-0.39, 0.29) is 6.61 Å². The van der Waals surface area contributed by atoms with Crippen molar-refractivity contribution in [3.63, 3.8) is 0 Å². The van der Waals surface area contributed by atoms with Crippen LogP contribution >= 0.6 is 0 Å². The van der Waals surface area contributed by atoms with Gasteiger partial charge in [0.1, 0.15) is 0 Å². The quantitative estimate of drug-likeness (QED) is 0.198. The van der Waals surface area contributed by atoms with Gasteiger partial charge >= 0.3 is 11.9 Å². The molecule has 0 atom stereocenters. The number of ether oxygens (including phenoxy) is 1. The predicted molar refractivity (Wildman–Crippen MR) is 40.0 cm³/mol. The molecule has 6 nitrogen and oxygen atoms in total. The number of hydrogen-bond donors (Lipinski definition) is 1. The van der Waals surface area contributed by atoms with Crippen molar-refractivity contribution in [3.8, 4) is 0 Å². The SMILES string of the molecule is CCOC(=O)/C(N)=N/OC(C)=O. The van der Waals surface area contributed by atoms with Gasteiger partial charge in [0, 0.05) is 6.92 Å². The molecule has 68 valence electrons. The summed E-state index contributed by atoms with van der Waals surface area (Å²) < 4.78 is 4.45. The van der Waals surface area contributed by atoms with Gasteiger partial charge in [0.25, 0.3) is 0 Å².